The number of methoxy groups -OCH3 is 1. The number of hydrogen-bond acceptors (Lipinski definition) is 5. The molecule has 6 heteroatoms. The van der Waals surface area contributed by atoms with E-state index >= 15 is 0 Å². The summed E-state index contributed by atoms with van der Waals surface area (Å²) in [5, 5.41) is 0. The SMILES string of the molecule is COc1ccc(COC(=O)COc2ccc(N3CCCC3=O)cc2)cc1. The van der Waals surface area contributed by atoms with Crippen molar-refractivity contribution in [3.8, 4) is 11.5 Å². The molecule has 1 amide bonds. The van der Waals surface area contributed by atoms with Crippen molar-refractivity contribution in [2.75, 3.05) is 25.2 Å². The van der Waals surface area contributed by atoms with Crippen LogP contribution in [0.5, 0.6) is 11.5 Å². The third kappa shape index (κ3) is 4.53. The predicted molar refractivity (Wildman–Crippen MR) is 96.3 cm³/mol. The molecular formula is C20H21NO5. The number of nitrogens with zero attached hydrogens (tertiary/aromatic N) is 1. The number of esters is 1. The molecule has 0 aliphatic carbocycles. The van der Waals surface area contributed by atoms with Gasteiger partial charge in [0.2, 0.25) is 5.91 Å². The van der Waals surface area contributed by atoms with Crippen LogP contribution in [0.25, 0.3) is 0 Å². The van der Waals surface area contributed by atoms with Gasteiger partial charge in [-0.1, -0.05) is 12.1 Å². The standard InChI is InChI=1S/C20H21NO5/c1-24-17-8-4-15(5-9-17)13-26-20(23)14-25-18-10-6-16(7-11-18)21-12-2-3-19(21)22/h4-11H,2-3,12-14H2,1H3. The Balaban J connectivity index is 1.44. The summed E-state index contributed by atoms with van der Waals surface area (Å²) in [6.07, 6.45) is 1.48. The molecule has 136 valence electrons. The fourth-order valence-corrected chi connectivity index (χ4v) is 2.71. The number of rotatable bonds is 7. The minimum absolute atomic E-state index is 0.140. The molecule has 0 radical (unpaired) electrons. The van der Waals surface area contributed by atoms with Gasteiger partial charge in [0, 0.05) is 18.7 Å². The van der Waals surface area contributed by atoms with Crippen molar-refractivity contribution < 1.29 is 23.8 Å². The van der Waals surface area contributed by atoms with Gasteiger partial charge in [-0.15, -0.1) is 0 Å². The van der Waals surface area contributed by atoms with Gasteiger partial charge in [-0.25, -0.2) is 4.79 Å². The lowest BCUT2D eigenvalue weighted by Gasteiger charge is -2.16. The van der Waals surface area contributed by atoms with Crippen LogP contribution in [-0.4, -0.2) is 32.1 Å². The van der Waals surface area contributed by atoms with E-state index < -0.39 is 5.97 Å². The second-order valence-corrected chi connectivity index (χ2v) is 5.94. The van der Waals surface area contributed by atoms with E-state index in [-0.39, 0.29) is 19.1 Å². The highest BCUT2D eigenvalue weighted by atomic mass is 16.6. The van der Waals surface area contributed by atoms with Crippen molar-refractivity contribution in [1.29, 1.82) is 0 Å². The summed E-state index contributed by atoms with van der Waals surface area (Å²) in [4.78, 5) is 25.3. The molecule has 0 N–H and O–H groups in total. The van der Waals surface area contributed by atoms with E-state index in [1.165, 1.54) is 0 Å². The number of hydrogen-bond donors (Lipinski definition) is 0. The van der Waals surface area contributed by atoms with Crippen LogP contribution in [0.2, 0.25) is 0 Å². The topological polar surface area (TPSA) is 65.1 Å². The average molecular weight is 355 g/mol. The molecule has 6 nitrogen and oxygen atoms in total. The van der Waals surface area contributed by atoms with Crippen LogP contribution in [0.4, 0.5) is 5.69 Å². The van der Waals surface area contributed by atoms with Crippen LogP contribution < -0.4 is 14.4 Å². The smallest absolute Gasteiger partial charge is 0.344 e. The Hall–Kier alpha value is -3.02. The normalized spacial score (nSPS) is 13.6. The molecule has 26 heavy (non-hydrogen) atoms. The molecule has 0 unspecified atom stereocenters. The molecule has 3 rings (SSSR count). The summed E-state index contributed by atoms with van der Waals surface area (Å²) in [5.74, 6) is 1.00. The Morgan fingerprint density at radius 2 is 1.73 bits per heavy atom. The monoisotopic (exact) mass is 355 g/mol. The summed E-state index contributed by atoms with van der Waals surface area (Å²) in [6, 6.07) is 14.4. The highest BCUT2D eigenvalue weighted by Crippen LogP contribution is 2.23. The highest BCUT2D eigenvalue weighted by Gasteiger charge is 2.21. The van der Waals surface area contributed by atoms with Crippen molar-refractivity contribution in [1.82, 2.24) is 0 Å². The zero-order chi connectivity index (χ0) is 18.4. The van der Waals surface area contributed by atoms with E-state index in [1.54, 1.807) is 24.1 Å². The molecule has 2 aromatic carbocycles. The molecule has 0 bridgehead atoms. The molecule has 1 aliphatic heterocycles. The number of amides is 1. The Labute approximate surface area is 152 Å². The molecule has 0 spiro atoms. The first-order valence-corrected chi connectivity index (χ1v) is 8.47. The molecule has 0 aromatic heterocycles. The van der Waals surface area contributed by atoms with Gasteiger partial charge in [-0.3, -0.25) is 4.79 Å². The number of benzene rings is 2. The summed E-state index contributed by atoms with van der Waals surface area (Å²) >= 11 is 0. The van der Waals surface area contributed by atoms with E-state index in [0.717, 1.165) is 30.0 Å². The molecule has 0 saturated carbocycles. The van der Waals surface area contributed by atoms with Crippen molar-refractivity contribution in [2.24, 2.45) is 0 Å². The van der Waals surface area contributed by atoms with Gasteiger partial charge in [-0.2, -0.15) is 0 Å². The van der Waals surface area contributed by atoms with Crippen LogP contribution in [0.3, 0.4) is 0 Å². The van der Waals surface area contributed by atoms with Gasteiger partial charge < -0.3 is 19.1 Å². The average Bonchev–Trinajstić information content (AvgIpc) is 3.11. The van der Waals surface area contributed by atoms with Gasteiger partial charge in [0.15, 0.2) is 6.61 Å². The predicted octanol–water partition coefficient (Wildman–Crippen LogP) is 2.94. The van der Waals surface area contributed by atoms with E-state index in [1.807, 2.05) is 36.4 Å². The number of anilines is 1. The van der Waals surface area contributed by atoms with Crippen molar-refractivity contribution >= 4 is 17.6 Å². The Bertz CT molecular complexity index is 755. The van der Waals surface area contributed by atoms with Crippen molar-refractivity contribution in [3.05, 3.63) is 54.1 Å². The largest absolute Gasteiger partial charge is 0.497 e. The van der Waals surface area contributed by atoms with E-state index in [0.29, 0.717) is 12.2 Å². The number of ether oxygens (including phenoxy) is 3. The maximum atomic E-state index is 11.8. The minimum Gasteiger partial charge on any atom is -0.497 e. The van der Waals surface area contributed by atoms with Crippen LogP contribution in [0.15, 0.2) is 48.5 Å². The fraction of sp³-hybridized carbons (Fsp3) is 0.300. The van der Waals surface area contributed by atoms with Crippen LogP contribution in [0.1, 0.15) is 18.4 Å². The number of carbonyl (C=O) groups excluding carboxylic acids is 2. The molecule has 2 aromatic rings. The summed E-state index contributed by atoms with van der Waals surface area (Å²) < 4.78 is 15.7. The van der Waals surface area contributed by atoms with Crippen molar-refractivity contribution in [3.63, 3.8) is 0 Å². The third-order valence-corrected chi connectivity index (χ3v) is 4.14. The van der Waals surface area contributed by atoms with E-state index in [2.05, 4.69) is 0 Å². The van der Waals surface area contributed by atoms with E-state index in [4.69, 9.17) is 14.2 Å². The lowest BCUT2D eigenvalue weighted by molar-refractivity contribution is -0.147. The molecule has 1 saturated heterocycles. The van der Waals surface area contributed by atoms with Crippen LogP contribution >= 0.6 is 0 Å². The third-order valence-electron chi connectivity index (χ3n) is 4.14. The van der Waals surface area contributed by atoms with Gasteiger partial charge in [-0.05, 0) is 48.4 Å². The molecule has 1 fully saturated rings. The van der Waals surface area contributed by atoms with Gasteiger partial charge in [0.05, 0.1) is 7.11 Å². The van der Waals surface area contributed by atoms with Gasteiger partial charge in [0.25, 0.3) is 0 Å². The first-order chi connectivity index (χ1) is 12.7. The Morgan fingerprint density at radius 3 is 2.35 bits per heavy atom. The minimum atomic E-state index is -0.445. The molecular weight excluding hydrogens is 334 g/mol. The summed E-state index contributed by atoms with van der Waals surface area (Å²) in [6.45, 7) is 0.761. The number of carbonyl (C=O) groups is 2. The van der Waals surface area contributed by atoms with Crippen LogP contribution in [-0.2, 0) is 20.9 Å². The first kappa shape index (κ1) is 17.8. The van der Waals surface area contributed by atoms with Crippen LogP contribution in [0, 0.1) is 0 Å². The quantitative estimate of drug-likeness (QED) is 0.715. The second kappa shape index (κ2) is 8.38. The zero-order valence-corrected chi connectivity index (χ0v) is 14.6. The highest BCUT2D eigenvalue weighted by molar-refractivity contribution is 5.95. The first-order valence-electron chi connectivity index (χ1n) is 8.47. The maximum Gasteiger partial charge on any atom is 0.344 e. The lowest BCUT2D eigenvalue weighted by Crippen LogP contribution is -2.23. The van der Waals surface area contributed by atoms with Gasteiger partial charge in [0.1, 0.15) is 18.1 Å². The van der Waals surface area contributed by atoms with E-state index in [9.17, 15) is 9.59 Å². The molecule has 0 atom stereocenters. The molecule has 1 heterocycles. The van der Waals surface area contributed by atoms with Gasteiger partial charge >= 0.3 is 5.97 Å². The Morgan fingerprint density at radius 1 is 1.04 bits per heavy atom. The summed E-state index contributed by atoms with van der Waals surface area (Å²) in [7, 11) is 1.60. The Kier molecular flexibility index (Phi) is 5.73. The fourth-order valence-electron chi connectivity index (χ4n) is 2.71. The second-order valence-electron chi connectivity index (χ2n) is 5.94. The summed E-state index contributed by atoms with van der Waals surface area (Å²) in [5.41, 5.74) is 1.72. The molecule has 1 aliphatic rings. The maximum absolute atomic E-state index is 11.8. The zero-order valence-electron chi connectivity index (χ0n) is 14.6. The lowest BCUT2D eigenvalue weighted by atomic mass is 10.2. The van der Waals surface area contributed by atoms with Crippen molar-refractivity contribution in [2.45, 2.75) is 19.4 Å².